The molecule has 2 rings (SSSR count). The zero-order valence-electron chi connectivity index (χ0n) is 11.7. The van der Waals surface area contributed by atoms with Gasteiger partial charge in [0, 0.05) is 19.2 Å². The minimum absolute atomic E-state index is 0.223. The van der Waals surface area contributed by atoms with E-state index >= 15 is 0 Å². The smallest absolute Gasteiger partial charge is 0.161 e. The second kappa shape index (κ2) is 6.95. The molecule has 0 saturated heterocycles. The van der Waals surface area contributed by atoms with Gasteiger partial charge in [-0.15, -0.1) is 0 Å². The number of fused-ring (bicyclic) bond motifs is 1. The van der Waals surface area contributed by atoms with Gasteiger partial charge in [0.05, 0.1) is 19.0 Å². The summed E-state index contributed by atoms with van der Waals surface area (Å²) in [5.41, 5.74) is 1.11. The molecular weight excluding hydrogens is 278 g/mol. The molecule has 1 aromatic carbocycles. The van der Waals surface area contributed by atoms with Crippen LogP contribution < -0.4 is 14.8 Å². The SMILES string of the molecule is CS(=O)(=O)CCCNCc1ccc2c(c1)OCCCO2. The molecule has 0 aliphatic carbocycles. The zero-order chi connectivity index (χ0) is 14.4. The summed E-state index contributed by atoms with van der Waals surface area (Å²) in [6.07, 6.45) is 2.79. The third-order valence-corrected chi connectivity index (χ3v) is 4.04. The number of hydrogen-bond donors (Lipinski definition) is 1. The molecule has 1 aliphatic rings. The summed E-state index contributed by atoms with van der Waals surface area (Å²) in [4.78, 5) is 0. The average Bonchev–Trinajstić information content (AvgIpc) is 2.61. The minimum atomic E-state index is -2.86. The summed E-state index contributed by atoms with van der Waals surface area (Å²) in [5.74, 6) is 1.81. The van der Waals surface area contributed by atoms with E-state index in [1.165, 1.54) is 6.26 Å². The standard InChI is InChI=1S/C14H21NO4S/c1-20(16,17)9-2-6-15-11-12-4-5-13-14(10-12)19-8-3-7-18-13/h4-5,10,15H,2-3,6-9,11H2,1H3. The van der Waals surface area contributed by atoms with E-state index in [2.05, 4.69) is 5.32 Å². The molecule has 0 saturated carbocycles. The van der Waals surface area contributed by atoms with Gasteiger partial charge < -0.3 is 14.8 Å². The lowest BCUT2D eigenvalue weighted by Crippen LogP contribution is -2.17. The maximum atomic E-state index is 11.0. The van der Waals surface area contributed by atoms with Crippen LogP contribution in [0.3, 0.4) is 0 Å². The van der Waals surface area contributed by atoms with Crippen molar-refractivity contribution >= 4 is 9.84 Å². The topological polar surface area (TPSA) is 64.6 Å². The van der Waals surface area contributed by atoms with Gasteiger partial charge in [0.25, 0.3) is 0 Å². The lowest BCUT2D eigenvalue weighted by Gasteiger charge is -2.10. The molecule has 1 aromatic rings. The first-order chi connectivity index (χ1) is 9.54. The highest BCUT2D eigenvalue weighted by Gasteiger charge is 2.10. The van der Waals surface area contributed by atoms with E-state index in [1.54, 1.807) is 0 Å². The van der Waals surface area contributed by atoms with Crippen molar-refractivity contribution in [3.8, 4) is 11.5 Å². The van der Waals surface area contributed by atoms with Gasteiger partial charge in [-0.25, -0.2) is 8.42 Å². The minimum Gasteiger partial charge on any atom is -0.490 e. The van der Waals surface area contributed by atoms with Crippen molar-refractivity contribution in [1.29, 1.82) is 0 Å². The first kappa shape index (κ1) is 15.1. The number of sulfone groups is 1. The molecular formula is C14H21NO4S. The molecule has 0 bridgehead atoms. The Morgan fingerprint density at radius 2 is 1.95 bits per heavy atom. The first-order valence-corrected chi connectivity index (χ1v) is 8.88. The highest BCUT2D eigenvalue weighted by Crippen LogP contribution is 2.30. The van der Waals surface area contributed by atoms with Crippen LogP contribution in [-0.2, 0) is 16.4 Å². The normalized spacial score (nSPS) is 14.8. The van der Waals surface area contributed by atoms with E-state index < -0.39 is 9.84 Å². The fourth-order valence-electron chi connectivity index (χ4n) is 2.01. The number of nitrogens with one attached hydrogen (secondary N) is 1. The van der Waals surface area contributed by atoms with Gasteiger partial charge in [-0.1, -0.05) is 6.07 Å². The molecule has 20 heavy (non-hydrogen) atoms. The third-order valence-electron chi connectivity index (χ3n) is 3.01. The summed E-state index contributed by atoms with van der Waals surface area (Å²) < 4.78 is 33.2. The second-order valence-corrected chi connectivity index (χ2v) is 7.25. The Balaban J connectivity index is 1.80. The number of benzene rings is 1. The van der Waals surface area contributed by atoms with Crippen molar-refractivity contribution in [2.75, 3.05) is 31.8 Å². The van der Waals surface area contributed by atoms with Crippen molar-refractivity contribution in [1.82, 2.24) is 5.32 Å². The zero-order valence-corrected chi connectivity index (χ0v) is 12.5. The molecule has 0 spiro atoms. The number of rotatable bonds is 6. The predicted molar refractivity (Wildman–Crippen MR) is 78.1 cm³/mol. The van der Waals surface area contributed by atoms with Crippen LogP contribution in [0.25, 0.3) is 0 Å². The highest BCUT2D eigenvalue weighted by atomic mass is 32.2. The van der Waals surface area contributed by atoms with Crippen molar-refractivity contribution in [3.63, 3.8) is 0 Å². The molecule has 6 heteroatoms. The molecule has 0 aromatic heterocycles. The van der Waals surface area contributed by atoms with Crippen molar-refractivity contribution in [2.45, 2.75) is 19.4 Å². The van der Waals surface area contributed by atoms with Crippen LogP contribution in [0.5, 0.6) is 11.5 Å². The molecule has 1 aliphatic heterocycles. The van der Waals surface area contributed by atoms with Gasteiger partial charge >= 0.3 is 0 Å². The number of ether oxygens (including phenoxy) is 2. The van der Waals surface area contributed by atoms with Crippen LogP contribution in [0.1, 0.15) is 18.4 Å². The highest BCUT2D eigenvalue weighted by molar-refractivity contribution is 7.90. The van der Waals surface area contributed by atoms with E-state index in [0.717, 1.165) is 23.5 Å². The van der Waals surface area contributed by atoms with Gasteiger partial charge in [-0.2, -0.15) is 0 Å². The first-order valence-electron chi connectivity index (χ1n) is 6.81. The van der Waals surface area contributed by atoms with E-state index in [4.69, 9.17) is 9.47 Å². The molecule has 0 atom stereocenters. The molecule has 1 heterocycles. The van der Waals surface area contributed by atoms with E-state index in [1.807, 2.05) is 18.2 Å². The Bertz CT molecular complexity index is 542. The lowest BCUT2D eigenvalue weighted by atomic mass is 10.2. The Labute approximate surface area is 120 Å². The molecule has 5 nitrogen and oxygen atoms in total. The van der Waals surface area contributed by atoms with Crippen molar-refractivity contribution in [3.05, 3.63) is 23.8 Å². The summed E-state index contributed by atoms with van der Waals surface area (Å²) in [7, 11) is -2.86. The van der Waals surface area contributed by atoms with E-state index in [0.29, 0.717) is 32.7 Å². The van der Waals surface area contributed by atoms with E-state index in [-0.39, 0.29) is 5.75 Å². The second-order valence-electron chi connectivity index (χ2n) is 4.99. The van der Waals surface area contributed by atoms with Gasteiger partial charge in [0.2, 0.25) is 0 Å². The fourth-order valence-corrected chi connectivity index (χ4v) is 2.68. The summed E-state index contributed by atoms with van der Waals surface area (Å²) in [5, 5.41) is 3.24. The van der Waals surface area contributed by atoms with Crippen LogP contribution >= 0.6 is 0 Å². The molecule has 1 N–H and O–H groups in total. The lowest BCUT2D eigenvalue weighted by molar-refractivity contribution is 0.297. The monoisotopic (exact) mass is 299 g/mol. The van der Waals surface area contributed by atoms with Crippen LogP contribution in [0.4, 0.5) is 0 Å². The third kappa shape index (κ3) is 5.02. The van der Waals surface area contributed by atoms with Gasteiger partial charge in [0.15, 0.2) is 11.5 Å². The molecule has 0 unspecified atom stereocenters. The maximum Gasteiger partial charge on any atom is 0.161 e. The average molecular weight is 299 g/mol. The Hall–Kier alpha value is -1.27. The van der Waals surface area contributed by atoms with Gasteiger partial charge in [-0.05, 0) is 30.7 Å². The van der Waals surface area contributed by atoms with Crippen LogP contribution in [0.15, 0.2) is 18.2 Å². The number of hydrogen-bond acceptors (Lipinski definition) is 5. The molecule has 0 fully saturated rings. The van der Waals surface area contributed by atoms with Crippen molar-refractivity contribution in [2.24, 2.45) is 0 Å². The van der Waals surface area contributed by atoms with Gasteiger partial charge in [0.1, 0.15) is 9.84 Å². The Kier molecular flexibility index (Phi) is 5.25. The molecule has 0 radical (unpaired) electrons. The molecule has 0 amide bonds. The Morgan fingerprint density at radius 3 is 2.70 bits per heavy atom. The van der Waals surface area contributed by atoms with Crippen LogP contribution in [-0.4, -0.2) is 40.2 Å². The summed E-state index contributed by atoms with van der Waals surface area (Å²) >= 11 is 0. The van der Waals surface area contributed by atoms with Crippen molar-refractivity contribution < 1.29 is 17.9 Å². The summed E-state index contributed by atoms with van der Waals surface area (Å²) in [6.45, 7) is 2.75. The Morgan fingerprint density at radius 1 is 1.20 bits per heavy atom. The van der Waals surface area contributed by atoms with Gasteiger partial charge in [-0.3, -0.25) is 0 Å². The van der Waals surface area contributed by atoms with E-state index in [9.17, 15) is 8.42 Å². The maximum absolute atomic E-state index is 11.0. The van der Waals surface area contributed by atoms with Crippen LogP contribution in [0, 0.1) is 0 Å². The molecule has 112 valence electrons. The quantitative estimate of drug-likeness (QED) is 0.804. The fraction of sp³-hybridized carbons (Fsp3) is 0.571. The predicted octanol–water partition coefficient (Wildman–Crippen LogP) is 1.37. The summed E-state index contributed by atoms with van der Waals surface area (Å²) in [6, 6.07) is 5.90. The van der Waals surface area contributed by atoms with Crippen LogP contribution in [0.2, 0.25) is 0 Å². The largest absolute Gasteiger partial charge is 0.490 e.